The first-order valence-corrected chi connectivity index (χ1v) is 8.65. The third kappa shape index (κ3) is 4.56. The van der Waals surface area contributed by atoms with Crippen molar-refractivity contribution in [2.75, 3.05) is 18.9 Å². The fourth-order valence-electron chi connectivity index (χ4n) is 2.19. The van der Waals surface area contributed by atoms with Gasteiger partial charge in [0.2, 0.25) is 5.91 Å². The zero-order valence-electron chi connectivity index (χ0n) is 13.5. The SMILES string of the molecule is CCn1c(SCC(=O)NCCCO)nnc1-c1ccccc1C. The molecule has 7 heteroatoms. The number of aryl methyl sites for hydroxylation is 1. The number of nitrogens with one attached hydrogen (secondary N) is 1. The summed E-state index contributed by atoms with van der Waals surface area (Å²) in [5.74, 6) is 1.05. The van der Waals surface area contributed by atoms with Crippen molar-refractivity contribution in [3.63, 3.8) is 0 Å². The van der Waals surface area contributed by atoms with Crippen LogP contribution in [0.25, 0.3) is 11.4 Å². The summed E-state index contributed by atoms with van der Waals surface area (Å²) in [4.78, 5) is 11.8. The highest BCUT2D eigenvalue weighted by atomic mass is 32.2. The number of rotatable bonds is 8. The summed E-state index contributed by atoms with van der Waals surface area (Å²) in [7, 11) is 0. The molecule has 1 aromatic carbocycles. The van der Waals surface area contributed by atoms with Crippen LogP contribution < -0.4 is 5.32 Å². The van der Waals surface area contributed by atoms with E-state index in [0.717, 1.165) is 28.7 Å². The fraction of sp³-hybridized carbons (Fsp3) is 0.438. The molecule has 0 bridgehead atoms. The van der Waals surface area contributed by atoms with Crippen LogP contribution in [0.5, 0.6) is 0 Å². The smallest absolute Gasteiger partial charge is 0.230 e. The largest absolute Gasteiger partial charge is 0.396 e. The van der Waals surface area contributed by atoms with Crippen LogP contribution in [-0.4, -0.2) is 44.7 Å². The fourth-order valence-corrected chi connectivity index (χ4v) is 3.02. The minimum atomic E-state index is -0.0634. The van der Waals surface area contributed by atoms with E-state index in [2.05, 4.69) is 15.5 Å². The molecule has 2 rings (SSSR count). The molecule has 1 amide bonds. The Labute approximate surface area is 140 Å². The molecule has 0 aliphatic heterocycles. The number of aromatic nitrogens is 3. The van der Waals surface area contributed by atoms with Gasteiger partial charge in [0.15, 0.2) is 11.0 Å². The molecular weight excluding hydrogens is 312 g/mol. The molecule has 2 N–H and O–H groups in total. The van der Waals surface area contributed by atoms with E-state index >= 15 is 0 Å². The van der Waals surface area contributed by atoms with Gasteiger partial charge in [-0.2, -0.15) is 0 Å². The minimum Gasteiger partial charge on any atom is -0.396 e. The Morgan fingerprint density at radius 2 is 2.13 bits per heavy atom. The molecule has 0 aliphatic rings. The third-order valence-corrected chi connectivity index (χ3v) is 4.38. The summed E-state index contributed by atoms with van der Waals surface area (Å²) in [6.45, 7) is 5.40. The van der Waals surface area contributed by atoms with Gasteiger partial charge < -0.3 is 15.0 Å². The van der Waals surface area contributed by atoms with Gasteiger partial charge in [-0.1, -0.05) is 36.0 Å². The monoisotopic (exact) mass is 334 g/mol. The predicted molar refractivity (Wildman–Crippen MR) is 91.3 cm³/mol. The van der Waals surface area contributed by atoms with Gasteiger partial charge in [0.05, 0.1) is 5.75 Å². The summed E-state index contributed by atoms with van der Waals surface area (Å²) in [6.07, 6.45) is 0.568. The number of nitrogens with zero attached hydrogens (tertiary/aromatic N) is 3. The van der Waals surface area contributed by atoms with Crippen molar-refractivity contribution in [1.29, 1.82) is 0 Å². The molecule has 0 unspecified atom stereocenters. The van der Waals surface area contributed by atoms with Crippen molar-refractivity contribution in [3.8, 4) is 11.4 Å². The highest BCUT2D eigenvalue weighted by molar-refractivity contribution is 7.99. The number of carbonyl (C=O) groups excluding carboxylic acids is 1. The average Bonchev–Trinajstić information content (AvgIpc) is 2.96. The van der Waals surface area contributed by atoms with Crippen LogP contribution in [-0.2, 0) is 11.3 Å². The predicted octanol–water partition coefficient (Wildman–Crippen LogP) is 1.86. The van der Waals surface area contributed by atoms with E-state index in [1.807, 2.05) is 42.7 Å². The lowest BCUT2D eigenvalue weighted by molar-refractivity contribution is -0.118. The number of hydrogen-bond donors (Lipinski definition) is 2. The number of amides is 1. The highest BCUT2D eigenvalue weighted by Gasteiger charge is 2.15. The van der Waals surface area contributed by atoms with Gasteiger partial charge in [-0.15, -0.1) is 10.2 Å². The van der Waals surface area contributed by atoms with E-state index < -0.39 is 0 Å². The third-order valence-electron chi connectivity index (χ3n) is 3.41. The van der Waals surface area contributed by atoms with Crippen LogP contribution in [0.1, 0.15) is 18.9 Å². The Kier molecular flexibility index (Phi) is 6.61. The number of benzene rings is 1. The normalized spacial score (nSPS) is 10.7. The van der Waals surface area contributed by atoms with E-state index in [-0.39, 0.29) is 18.3 Å². The molecule has 0 saturated heterocycles. The van der Waals surface area contributed by atoms with E-state index in [4.69, 9.17) is 5.11 Å². The molecular formula is C16H22N4O2S. The molecule has 0 aliphatic carbocycles. The quantitative estimate of drug-likeness (QED) is 0.569. The summed E-state index contributed by atoms with van der Waals surface area (Å²) in [6, 6.07) is 8.06. The number of aliphatic hydroxyl groups is 1. The number of hydrogen-bond acceptors (Lipinski definition) is 5. The van der Waals surface area contributed by atoms with Gasteiger partial charge in [-0.05, 0) is 25.8 Å². The number of carbonyl (C=O) groups is 1. The molecule has 2 aromatic rings. The van der Waals surface area contributed by atoms with Crippen LogP contribution in [0.4, 0.5) is 0 Å². The van der Waals surface area contributed by atoms with Gasteiger partial charge in [0.25, 0.3) is 0 Å². The lowest BCUT2D eigenvalue weighted by atomic mass is 10.1. The van der Waals surface area contributed by atoms with E-state index in [1.54, 1.807) is 0 Å². The Morgan fingerprint density at radius 1 is 1.35 bits per heavy atom. The zero-order chi connectivity index (χ0) is 16.7. The van der Waals surface area contributed by atoms with Crippen molar-refractivity contribution in [2.24, 2.45) is 0 Å². The zero-order valence-corrected chi connectivity index (χ0v) is 14.3. The second kappa shape index (κ2) is 8.69. The number of thioether (sulfide) groups is 1. The molecule has 1 aromatic heterocycles. The highest BCUT2D eigenvalue weighted by Crippen LogP contribution is 2.25. The maximum Gasteiger partial charge on any atom is 0.230 e. The summed E-state index contributed by atoms with van der Waals surface area (Å²) >= 11 is 1.37. The molecule has 6 nitrogen and oxygen atoms in total. The summed E-state index contributed by atoms with van der Waals surface area (Å²) in [5, 5.41) is 20.7. The molecule has 0 atom stereocenters. The Bertz CT molecular complexity index is 657. The first-order valence-electron chi connectivity index (χ1n) is 7.67. The van der Waals surface area contributed by atoms with Crippen molar-refractivity contribution < 1.29 is 9.90 Å². The van der Waals surface area contributed by atoms with Crippen molar-refractivity contribution in [1.82, 2.24) is 20.1 Å². The lowest BCUT2D eigenvalue weighted by Crippen LogP contribution is -2.26. The van der Waals surface area contributed by atoms with Crippen LogP contribution in [0.15, 0.2) is 29.4 Å². The molecule has 1 heterocycles. The van der Waals surface area contributed by atoms with Crippen LogP contribution in [0.3, 0.4) is 0 Å². The topological polar surface area (TPSA) is 80.0 Å². The second-order valence-electron chi connectivity index (χ2n) is 5.08. The van der Waals surface area contributed by atoms with Crippen molar-refractivity contribution in [3.05, 3.63) is 29.8 Å². The van der Waals surface area contributed by atoms with Crippen LogP contribution >= 0.6 is 11.8 Å². The van der Waals surface area contributed by atoms with Gasteiger partial charge in [0, 0.05) is 25.3 Å². The standard InChI is InChI=1S/C16H22N4O2S/c1-3-20-15(13-8-5-4-7-12(13)2)18-19-16(20)23-11-14(22)17-9-6-10-21/h4-5,7-8,21H,3,6,9-11H2,1-2H3,(H,17,22). The lowest BCUT2D eigenvalue weighted by Gasteiger charge is -2.09. The Morgan fingerprint density at radius 3 is 2.83 bits per heavy atom. The van der Waals surface area contributed by atoms with Crippen molar-refractivity contribution in [2.45, 2.75) is 32.0 Å². The molecule has 0 saturated carbocycles. The molecule has 124 valence electrons. The second-order valence-corrected chi connectivity index (χ2v) is 6.02. The molecule has 23 heavy (non-hydrogen) atoms. The average molecular weight is 334 g/mol. The first-order chi connectivity index (χ1) is 11.2. The van der Waals surface area contributed by atoms with Gasteiger partial charge in [-0.3, -0.25) is 4.79 Å². The van der Waals surface area contributed by atoms with Crippen LogP contribution in [0.2, 0.25) is 0 Å². The number of aliphatic hydroxyl groups excluding tert-OH is 1. The maximum atomic E-state index is 11.8. The Balaban J connectivity index is 2.07. The minimum absolute atomic E-state index is 0.0634. The van der Waals surface area contributed by atoms with Gasteiger partial charge >= 0.3 is 0 Å². The van der Waals surface area contributed by atoms with Crippen molar-refractivity contribution >= 4 is 17.7 Å². The Hall–Kier alpha value is -1.86. The summed E-state index contributed by atoms with van der Waals surface area (Å²) in [5.41, 5.74) is 2.20. The van der Waals surface area contributed by atoms with Gasteiger partial charge in [0.1, 0.15) is 0 Å². The molecule has 0 spiro atoms. The van der Waals surface area contributed by atoms with Gasteiger partial charge in [-0.25, -0.2) is 0 Å². The van der Waals surface area contributed by atoms with E-state index in [9.17, 15) is 4.79 Å². The molecule has 0 radical (unpaired) electrons. The maximum absolute atomic E-state index is 11.8. The summed E-state index contributed by atoms with van der Waals surface area (Å²) < 4.78 is 2.02. The van der Waals surface area contributed by atoms with Crippen LogP contribution in [0, 0.1) is 6.92 Å². The molecule has 0 fully saturated rings. The van der Waals surface area contributed by atoms with E-state index in [0.29, 0.717) is 13.0 Å². The first kappa shape index (κ1) is 17.5. The van der Waals surface area contributed by atoms with E-state index in [1.165, 1.54) is 11.8 Å².